The van der Waals surface area contributed by atoms with Gasteiger partial charge in [0.15, 0.2) is 0 Å². The van der Waals surface area contributed by atoms with Crippen molar-refractivity contribution in [3.05, 3.63) is 87.3 Å². The predicted molar refractivity (Wildman–Crippen MR) is 236 cm³/mol. The van der Waals surface area contributed by atoms with Crippen molar-refractivity contribution in [3.8, 4) is 22.5 Å². The molecule has 5 aliphatic heterocycles. The number of anilines is 2. The summed E-state index contributed by atoms with van der Waals surface area (Å²) in [4.78, 5) is 66.8. The Bertz CT molecular complexity index is 2710. The molecule has 14 heteroatoms. The topological polar surface area (TPSA) is 141 Å². The molecule has 1 unspecified atom stereocenters. The van der Waals surface area contributed by atoms with E-state index in [0.717, 1.165) is 134 Å². The Morgan fingerprint density at radius 1 is 0.839 bits per heavy atom. The molecule has 322 valence electrons. The number of likely N-dealkylation sites (N-methyl/N-ethyl adjacent to an activating group) is 1. The normalized spacial score (nSPS) is 21.7. The van der Waals surface area contributed by atoms with E-state index >= 15 is 4.39 Å². The zero-order chi connectivity index (χ0) is 42.4. The number of benzene rings is 2. The average molecular weight is 840 g/mol. The molecule has 11 rings (SSSR count). The fraction of sp³-hybridized carbons (Fsp3) is 0.479. The van der Waals surface area contributed by atoms with Crippen molar-refractivity contribution in [2.24, 2.45) is 18.9 Å². The Kier molecular flexibility index (Phi) is 9.44. The van der Waals surface area contributed by atoms with E-state index in [0.29, 0.717) is 36.1 Å². The van der Waals surface area contributed by atoms with Gasteiger partial charge in [0.2, 0.25) is 11.8 Å². The van der Waals surface area contributed by atoms with Crippen LogP contribution in [0.4, 0.5) is 15.8 Å². The van der Waals surface area contributed by atoms with Crippen LogP contribution in [0.15, 0.2) is 53.5 Å². The summed E-state index contributed by atoms with van der Waals surface area (Å²) in [5.74, 6) is 0.310. The summed E-state index contributed by atoms with van der Waals surface area (Å²) in [5, 5.41) is 5.57. The van der Waals surface area contributed by atoms with Gasteiger partial charge in [-0.1, -0.05) is 18.9 Å². The van der Waals surface area contributed by atoms with Gasteiger partial charge in [-0.25, -0.2) is 9.18 Å². The van der Waals surface area contributed by atoms with E-state index in [2.05, 4.69) is 43.4 Å². The smallest absolute Gasteiger partial charge is 0.329 e. The van der Waals surface area contributed by atoms with Gasteiger partial charge in [0, 0.05) is 88.0 Å². The van der Waals surface area contributed by atoms with Crippen molar-refractivity contribution in [3.63, 3.8) is 0 Å². The molecule has 5 aromatic rings. The van der Waals surface area contributed by atoms with Crippen LogP contribution in [0.2, 0.25) is 0 Å². The van der Waals surface area contributed by atoms with Gasteiger partial charge in [0.25, 0.3) is 5.91 Å². The number of aromatic amines is 1. The number of aryl methyl sites for hydroxylation is 2. The number of imide groups is 1. The Hall–Kier alpha value is -5.76. The van der Waals surface area contributed by atoms with Gasteiger partial charge < -0.3 is 25.0 Å². The van der Waals surface area contributed by atoms with Gasteiger partial charge in [-0.2, -0.15) is 0 Å². The monoisotopic (exact) mass is 839 g/mol. The molecule has 2 aromatic carbocycles. The molecular weight excluding hydrogens is 786 g/mol. The molecule has 0 bridgehead atoms. The standard InChI is InChI=1S/C48H54FN9O4/c1-54-26-48(27-54)25-51-46(61)41-32-10-8-30-24-50-36(23-33(30)42(32)53-44(41)48)34-22-31(9-11-35(34)49)56-18-14-28(15-19-56)6-7-29-16-20-57(21-17-29)37-4-3-5-38-43(37)55(2)47(62)58(38)39-12-13-40(59)52-45(39)60/h3-5,9,11,22-24,28-29,39,53H,6-8,10,12-21,25-27H2,1-2H3,(H,51,61)(H,52,59,60). The van der Waals surface area contributed by atoms with Crippen LogP contribution in [0.25, 0.3) is 33.5 Å². The van der Waals surface area contributed by atoms with Crippen LogP contribution in [0.3, 0.4) is 0 Å². The number of aromatic nitrogens is 4. The Morgan fingerprint density at radius 3 is 2.31 bits per heavy atom. The van der Waals surface area contributed by atoms with E-state index in [4.69, 9.17) is 4.98 Å². The van der Waals surface area contributed by atoms with Crippen LogP contribution in [-0.2, 0) is 34.9 Å². The van der Waals surface area contributed by atoms with Crippen LogP contribution in [0.1, 0.15) is 84.6 Å². The number of hydrogen-bond acceptors (Lipinski definition) is 8. The summed E-state index contributed by atoms with van der Waals surface area (Å²) in [6.07, 6.45) is 10.8. The maximum Gasteiger partial charge on any atom is 0.329 e. The van der Waals surface area contributed by atoms with Gasteiger partial charge in [0.05, 0.1) is 39.1 Å². The summed E-state index contributed by atoms with van der Waals surface area (Å²) in [6, 6.07) is 12.7. The highest BCUT2D eigenvalue weighted by Gasteiger charge is 2.50. The number of para-hydroxylation sites is 1. The van der Waals surface area contributed by atoms with Crippen molar-refractivity contribution in [1.82, 2.24) is 34.6 Å². The fourth-order valence-corrected chi connectivity index (χ4v) is 11.9. The lowest BCUT2D eigenvalue weighted by molar-refractivity contribution is -0.135. The summed E-state index contributed by atoms with van der Waals surface area (Å²) in [7, 11) is 3.88. The minimum atomic E-state index is -0.696. The molecule has 3 amide bonds. The molecule has 3 N–H and O–H groups in total. The second-order valence-corrected chi connectivity index (χ2v) is 19.0. The van der Waals surface area contributed by atoms with Crippen LogP contribution < -0.4 is 26.1 Å². The SMILES string of the molecule is CN1CC2(CNC(=O)c3c2[nH]c2c3CCc3cnc(-c4cc(N5CCC(CCC6CCN(c7cccc8c7n(C)c(=O)n8C7CCC(=O)NC7=O)CC6)CC5)ccc4F)cc3-2)C1. The lowest BCUT2D eigenvalue weighted by atomic mass is 9.73. The Morgan fingerprint density at radius 2 is 1.58 bits per heavy atom. The summed E-state index contributed by atoms with van der Waals surface area (Å²) in [6.45, 7) is 6.14. The van der Waals surface area contributed by atoms with E-state index in [9.17, 15) is 19.2 Å². The minimum absolute atomic E-state index is 0.00229. The van der Waals surface area contributed by atoms with Gasteiger partial charge in [-0.05, 0) is 111 Å². The second kappa shape index (κ2) is 15.0. The number of likely N-dealkylation sites (tertiary alicyclic amines) is 1. The Balaban J connectivity index is 0.724. The van der Waals surface area contributed by atoms with Gasteiger partial charge in [0.1, 0.15) is 11.9 Å². The highest BCUT2D eigenvalue weighted by Crippen LogP contribution is 2.45. The number of pyridine rings is 1. The lowest BCUT2D eigenvalue weighted by Gasteiger charge is -2.50. The average Bonchev–Trinajstić information content (AvgIpc) is 3.80. The lowest BCUT2D eigenvalue weighted by Crippen LogP contribution is -2.65. The number of rotatable bonds is 7. The second-order valence-electron chi connectivity index (χ2n) is 19.0. The van der Waals surface area contributed by atoms with Crippen molar-refractivity contribution < 1.29 is 18.8 Å². The Labute approximate surface area is 359 Å². The number of amides is 3. The number of nitrogens with one attached hydrogen (secondary N) is 3. The summed E-state index contributed by atoms with van der Waals surface area (Å²) >= 11 is 0. The third kappa shape index (κ3) is 6.38. The van der Waals surface area contributed by atoms with E-state index in [1.54, 1.807) is 22.2 Å². The van der Waals surface area contributed by atoms with E-state index in [1.165, 1.54) is 12.8 Å². The first-order valence-corrected chi connectivity index (χ1v) is 22.6. The molecule has 4 fully saturated rings. The van der Waals surface area contributed by atoms with Crippen LogP contribution in [-0.4, -0.2) is 94.6 Å². The van der Waals surface area contributed by atoms with Gasteiger partial charge >= 0.3 is 5.69 Å². The van der Waals surface area contributed by atoms with Crippen LogP contribution >= 0.6 is 0 Å². The van der Waals surface area contributed by atoms with Crippen LogP contribution in [0, 0.1) is 17.7 Å². The largest absolute Gasteiger partial charge is 0.371 e. The summed E-state index contributed by atoms with van der Waals surface area (Å²) in [5.41, 5.74) is 10.4. The maximum atomic E-state index is 15.7. The molecule has 8 heterocycles. The number of carbonyl (C=O) groups is 3. The molecule has 62 heavy (non-hydrogen) atoms. The molecule has 6 aliphatic rings. The molecule has 1 spiro atoms. The number of piperidine rings is 3. The summed E-state index contributed by atoms with van der Waals surface area (Å²) < 4.78 is 18.9. The number of fused-ring (bicyclic) bond motifs is 7. The molecule has 3 aromatic heterocycles. The predicted octanol–water partition coefficient (Wildman–Crippen LogP) is 5.45. The van der Waals surface area contributed by atoms with Gasteiger partial charge in [-0.3, -0.25) is 33.8 Å². The van der Waals surface area contributed by atoms with Crippen molar-refractivity contribution >= 4 is 40.1 Å². The van der Waals surface area contributed by atoms with E-state index in [-0.39, 0.29) is 35.2 Å². The number of halogens is 1. The van der Waals surface area contributed by atoms with Crippen molar-refractivity contribution in [2.45, 2.75) is 75.7 Å². The molecule has 0 saturated carbocycles. The number of hydrogen-bond donors (Lipinski definition) is 3. The molecule has 13 nitrogen and oxygen atoms in total. The van der Waals surface area contributed by atoms with Gasteiger partial charge in [-0.15, -0.1) is 0 Å². The maximum absolute atomic E-state index is 15.7. The number of carbonyl (C=O) groups excluding carboxylic acids is 3. The first-order chi connectivity index (χ1) is 30.0. The molecule has 1 aliphatic carbocycles. The highest BCUT2D eigenvalue weighted by molar-refractivity contribution is 6.02. The molecular formula is C48H54FN9O4. The van der Waals surface area contributed by atoms with Crippen molar-refractivity contribution in [1.29, 1.82) is 0 Å². The van der Waals surface area contributed by atoms with E-state index < -0.39 is 11.9 Å². The van der Waals surface area contributed by atoms with E-state index in [1.807, 2.05) is 36.5 Å². The number of nitrogens with zero attached hydrogens (tertiary/aromatic N) is 6. The highest BCUT2D eigenvalue weighted by atomic mass is 19.1. The number of imidazole rings is 1. The fourth-order valence-electron chi connectivity index (χ4n) is 11.9. The zero-order valence-corrected chi connectivity index (χ0v) is 35.6. The third-order valence-electron chi connectivity index (χ3n) is 15.2. The number of H-pyrrole nitrogens is 1. The first-order valence-electron chi connectivity index (χ1n) is 22.6. The third-order valence-corrected chi connectivity index (χ3v) is 15.2. The molecule has 0 radical (unpaired) electrons. The molecule has 4 saturated heterocycles. The first kappa shape index (κ1) is 39.1. The quantitative estimate of drug-likeness (QED) is 0.184. The zero-order valence-electron chi connectivity index (χ0n) is 35.6. The van der Waals surface area contributed by atoms with Crippen molar-refractivity contribution in [2.75, 3.05) is 62.7 Å². The van der Waals surface area contributed by atoms with Crippen LogP contribution in [0.5, 0.6) is 0 Å². The minimum Gasteiger partial charge on any atom is -0.371 e. The molecule has 1 atom stereocenters.